The first kappa shape index (κ1) is 29.8. The van der Waals surface area contributed by atoms with E-state index >= 15 is 0 Å². The summed E-state index contributed by atoms with van der Waals surface area (Å²) in [6, 6.07) is 32.8. The molecule has 0 aromatic heterocycles. The Bertz CT molecular complexity index is 1510. The minimum atomic E-state index is -1.26. The lowest BCUT2D eigenvalue weighted by Gasteiger charge is -2.31. The molecule has 0 aliphatic carbocycles. The van der Waals surface area contributed by atoms with Crippen molar-refractivity contribution < 1.29 is 19.4 Å². The lowest BCUT2D eigenvalue weighted by molar-refractivity contribution is -0.128. The van der Waals surface area contributed by atoms with Crippen LogP contribution in [0.15, 0.2) is 113 Å². The van der Waals surface area contributed by atoms with E-state index in [-0.39, 0.29) is 12.5 Å². The van der Waals surface area contributed by atoms with E-state index < -0.39 is 11.6 Å². The zero-order valence-electron chi connectivity index (χ0n) is 23.0. The van der Waals surface area contributed by atoms with Gasteiger partial charge in [-0.05, 0) is 65.6 Å². The summed E-state index contributed by atoms with van der Waals surface area (Å²) in [5, 5.41) is 12.9. The Hall–Kier alpha value is -3.65. The Kier molecular flexibility index (Phi) is 9.95. The van der Waals surface area contributed by atoms with Gasteiger partial charge in [0.05, 0.1) is 6.61 Å². The van der Waals surface area contributed by atoms with Gasteiger partial charge in [0.15, 0.2) is 11.6 Å². The number of halogens is 2. The third kappa shape index (κ3) is 7.04. The second kappa shape index (κ2) is 14.0. The van der Waals surface area contributed by atoms with Crippen LogP contribution in [0.2, 0.25) is 5.02 Å². The molecule has 1 heterocycles. The summed E-state index contributed by atoms with van der Waals surface area (Å²) < 4.78 is 13.2. The summed E-state index contributed by atoms with van der Waals surface area (Å²) in [4.78, 5) is 19.4. The summed E-state index contributed by atoms with van der Waals surface area (Å²) in [6.07, 6.45) is 0.824. The van der Waals surface area contributed by atoms with Crippen molar-refractivity contribution in [3.8, 4) is 5.75 Å². The SMILES string of the molecule is O=C(NCCc1ccccc1Cl)[C@]1(Cc2ccccc2)N=C(c2ccc(OCCCO)cc2)O[C@@H]1c1ccc(Br)cc1. The number of hydrogen-bond donors (Lipinski definition) is 2. The van der Waals surface area contributed by atoms with Gasteiger partial charge in [0.2, 0.25) is 5.90 Å². The van der Waals surface area contributed by atoms with Gasteiger partial charge in [0, 0.05) is 41.1 Å². The van der Waals surface area contributed by atoms with E-state index in [9.17, 15) is 4.79 Å². The van der Waals surface area contributed by atoms with Crippen LogP contribution in [0.25, 0.3) is 0 Å². The Morgan fingerprint density at radius 3 is 2.40 bits per heavy atom. The lowest BCUT2D eigenvalue weighted by atomic mass is 9.82. The molecule has 0 spiro atoms. The highest BCUT2D eigenvalue weighted by molar-refractivity contribution is 9.10. The topological polar surface area (TPSA) is 80.2 Å². The van der Waals surface area contributed by atoms with Gasteiger partial charge in [-0.25, -0.2) is 4.99 Å². The Balaban J connectivity index is 1.50. The van der Waals surface area contributed by atoms with Gasteiger partial charge >= 0.3 is 0 Å². The van der Waals surface area contributed by atoms with E-state index in [0.717, 1.165) is 26.7 Å². The predicted molar refractivity (Wildman–Crippen MR) is 169 cm³/mol. The number of rotatable bonds is 12. The first-order chi connectivity index (χ1) is 20.5. The van der Waals surface area contributed by atoms with Gasteiger partial charge in [-0.15, -0.1) is 0 Å². The van der Waals surface area contributed by atoms with Gasteiger partial charge in [0.25, 0.3) is 5.91 Å². The van der Waals surface area contributed by atoms with Crippen LogP contribution in [-0.4, -0.2) is 42.2 Å². The molecule has 0 bridgehead atoms. The minimum Gasteiger partial charge on any atom is -0.494 e. The van der Waals surface area contributed by atoms with Crippen molar-refractivity contribution in [3.05, 3.63) is 135 Å². The number of carbonyl (C=O) groups excluding carboxylic acids is 1. The van der Waals surface area contributed by atoms with Crippen molar-refractivity contribution in [1.82, 2.24) is 5.32 Å². The number of carbonyl (C=O) groups is 1. The fraction of sp³-hybridized carbons (Fsp3) is 0.235. The molecule has 2 N–H and O–H groups in total. The number of benzene rings is 4. The molecule has 2 atom stereocenters. The van der Waals surface area contributed by atoms with Gasteiger partial charge in [-0.1, -0.05) is 88.2 Å². The molecule has 0 unspecified atom stereocenters. The fourth-order valence-electron chi connectivity index (χ4n) is 4.99. The van der Waals surface area contributed by atoms with E-state index in [1.807, 2.05) is 103 Å². The monoisotopic (exact) mass is 646 g/mol. The van der Waals surface area contributed by atoms with Crippen molar-refractivity contribution >= 4 is 39.3 Å². The maximum Gasteiger partial charge on any atom is 0.252 e. The van der Waals surface area contributed by atoms with Gasteiger partial charge in [-0.2, -0.15) is 0 Å². The van der Waals surface area contributed by atoms with Crippen molar-refractivity contribution in [3.63, 3.8) is 0 Å². The smallest absolute Gasteiger partial charge is 0.252 e. The van der Waals surface area contributed by atoms with Crippen LogP contribution >= 0.6 is 27.5 Å². The van der Waals surface area contributed by atoms with Crippen LogP contribution in [0.4, 0.5) is 0 Å². The van der Waals surface area contributed by atoms with Crippen LogP contribution < -0.4 is 10.1 Å². The van der Waals surface area contributed by atoms with Crippen LogP contribution in [0.3, 0.4) is 0 Å². The molecule has 4 aromatic rings. The van der Waals surface area contributed by atoms with E-state index in [4.69, 9.17) is 31.2 Å². The van der Waals surface area contributed by atoms with Crippen LogP contribution in [0.1, 0.15) is 34.8 Å². The number of aliphatic hydroxyl groups excluding tert-OH is 1. The van der Waals surface area contributed by atoms with Crippen molar-refractivity contribution in [2.24, 2.45) is 4.99 Å². The maximum absolute atomic E-state index is 14.3. The molecular weight excluding hydrogens is 616 g/mol. The summed E-state index contributed by atoms with van der Waals surface area (Å²) in [5.41, 5.74) is 2.26. The summed E-state index contributed by atoms with van der Waals surface area (Å²) >= 11 is 9.89. The highest BCUT2D eigenvalue weighted by Gasteiger charge is 2.53. The van der Waals surface area contributed by atoms with Gasteiger partial charge in [-0.3, -0.25) is 4.79 Å². The molecule has 4 aromatic carbocycles. The van der Waals surface area contributed by atoms with Gasteiger partial charge in [0.1, 0.15) is 5.75 Å². The van der Waals surface area contributed by atoms with Crippen molar-refractivity contribution in [2.75, 3.05) is 19.8 Å². The quantitative estimate of drug-likeness (QED) is 0.167. The maximum atomic E-state index is 14.3. The first-order valence-electron chi connectivity index (χ1n) is 13.9. The lowest BCUT2D eigenvalue weighted by Crippen LogP contribution is -2.50. The zero-order chi connectivity index (χ0) is 29.4. The normalized spacial score (nSPS) is 17.8. The number of hydrogen-bond acceptors (Lipinski definition) is 5. The predicted octanol–water partition coefficient (Wildman–Crippen LogP) is 6.72. The van der Waals surface area contributed by atoms with Gasteiger partial charge < -0.3 is 19.9 Å². The molecule has 1 amide bonds. The molecule has 5 rings (SSSR count). The summed E-state index contributed by atoms with van der Waals surface area (Å²) in [5.74, 6) is 0.857. The van der Waals surface area contributed by atoms with Crippen molar-refractivity contribution in [1.29, 1.82) is 0 Å². The molecule has 0 fully saturated rings. The van der Waals surface area contributed by atoms with E-state index in [2.05, 4.69) is 21.2 Å². The third-order valence-corrected chi connectivity index (χ3v) is 8.05. The molecule has 42 heavy (non-hydrogen) atoms. The Morgan fingerprint density at radius 1 is 0.976 bits per heavy atom. The zero-order valence-corrected chi connectivity index (χ0v) is 25.4. The molecule has 6 nitrogen and oxygen atoms in total. The second-order valence-electron chi connectivity index (χ2n) is 10.1. The number of aliphatic imine (C=N–C) groups is 1. The number of amides is 1. The number of aliphatic hydroxyl groups is 1. The molecular formula is C34H32BrClN2O4. The summed E-state index contributed by atoms with van der Waals surface area (Å²) in [7, 11) is 0. The first-order valence-corrected chi connectivity index (χ1v) is 15.1. The number of ether oxygens (including phenoxy) is 2. The molecule has 0 radical (unpaired) electrons. The highest BCUT2D eigenvalue weighted by Crippen LogP contribution is 2.43. The molecule has 216 valence electrons. The minimum absolute atomic E-state index is 0.0735. The largest absolute Gasteiger partial charge is 0.494 e. The van der Waals surface area contributed by atoms with E-state index in [0.29, 0.717) is 49.1 Å². The van der Waals surface area contributed by atoms with Crippen LogP contribution in [-0.2, 0) is 22.4 Å². The Morgan fingerprint density at radius 2 is 1.69 bits per heavy atom. The number of nitrogens with one attached hydrogen (secondary N) is 1. The van der Waals surface area contributed by atoms with Crippen LogP contribution in [0.5, 0.6) is 5.75 Å². The third-order valence-electron chi connectivity index (χ3n) is 7.16. The molecule has 0 saturated heterocycles. The van der Waals surface area contributed by atoms with E-state index in [1.54, 1.807) is 0 Å². The Labute approximate surface area is 259 Å². The fourth-order valence-corrected chi connectivity index (χ4v) is 5.49. The van der Waals surface area contributed by atoms with Crippen LogP contribution in [0, 0.1) is 0 Å². The molecule has 0 saturated carbocycles. The van der Waals surface area contributed by atoms with E-state index in [1.165, 1.54) is 0 Å². The molecule has 8 heteroatoms. The second-order valence-corrected chi connectivity index (χ2v) is 11.4. The average molecular weight is 648 g/mol. The summed E-state index contributed by atoms with van der Waals surface area (Å²) in [6.45, 7) is 0.897. The molecule has 1 aliphatic rings. The highest BCUT2D eigenvalue weighted by atomic mass is 79.9. The standard InChI is InChI=1S/C34H32BrClN2O4/c35-28-15-11-26(12-16-28)31-34(23-24-7-2-1-3-8-24,33(40)37-20-19-25-9-4-5-10-30(25)36)38-32(42-31)27-13-17-29(18-14-27)41-22-6-21-39/h1-5,7-18,31,39H,6,19-23H2,(H,37,40)/t31-,34-/m1/s1. The molecule has 1 aliphatic heterocycles. The van der Waals surface area contributed by atoms with Crippen molar-refractivity contribution in [2.45, 2.75) is 30.9 Å². The average Bonchev–Trinajstić information content (AvgIpc) is 3.40. The number of nitrogens with zero attached hydrogens (tertiary/aromatic N) is 1.